The smallest absolute Gasteiger partial charge is 0.0573 e. The Hall–Kier alpha value is -0.120. The summed E-state index contributed by atoms with van der Waals surface area (Å²) < 4.78 is 17.2. The highest BCUT2D eigenvalue weighted by Crippen LogP contribution is 2.41. The van der Waals surface area contributed by atoms with Gasteiger partial charge in [-0.25, -0.2) is 0 Å². The van der Waals surface area contributed by atoms with Crippen LogP contribution in [0.3, 0.4) is 0 Å². The predicted octanol–water partition coefficient (Wildman–Crippen LogP) is 3.66. The van der Waals surface area contributed by atoms with Crippen molar-refractivity contribution in [3.63, 3.8) is 0 Å². The number of rotatable bonds is 10. The van der Waals surface area contributed by atoms with Crippen molar-refractivity contribution in [2.45, 2.75) is 58.5 Å². The summed E-state index contributed by atoms with van der Waals surface area (Å²) >= 11 is 0. The number of ether oxygens (including phenoxy) is 3. The fourth-order valence-electron chi connectivity index (χ4n) is 3.40. The molecule has 1 aliphatic rings. The van der Waals surface area contributed by atoms with Crippen molar-refractivity contribution in [2.75, 3.05) is 34.0 Å². The first kappa shape index (κ1) is 16.9. The third-order valence-electron chi connectivity index (χ3n) is 4.60. The average Bonchev–Trinajstić information content (AvgIpc) is 2.94. The van der Waals surface area contributed by atoms with Crippen LogP contribution in [-0.4, -0.2) is 40.1 Å². The summed E-state index contributed by atoms with van der Waals surface area (Å²) in [6, 6.07) is 0. The van der Waals surface area contributed by atoms with Gasteiger partial charge < -0.3 is 14.2 Å². The predicted molar refractivity (Wildman–Crippen MR) is 78.5 cm³/mol. The van der Waals surface area contributed by atoms with Crippen LogP contribution in [0.15, 0.2) is 0 Å². The molecular weight excluding hydrogens is 240 g/mol. The van der Waals surface area contributed by atoms with Crippen LogP contribution >= 0.6 is 0 Å². The van der Waals surface area contributed by atoms with Gasteiger partial charge in [-0.1, -0.05) is 26.7 Å². The zero-order valence-corrected chi connectivity index (χ0v) is 13.2. The van der Waals surface area contributed by atoms with Gasteiger partial charge in [0.15, 0.2) is 0 Å². The lowest BCUT2D eigenvalue weighted by Crippen LogP contribution is -2.43. The van der Waals surface area contributed by atoms with Gasteiger partial charge in [0.2, 0.25) is 0 Å². The van der Waals surface area contributed by atoms with Crippen LogP contribution in [0, 0.1) is 11.3 Å². The summed E-state index contributed by atoms with van der Waals surface area (Å²) in [5, 5.41) is 0. The quantitative estimate of drug-likeness (QED) is 0.607. The molecule has 3 nitrogen and oxygen atoms in total. The molecule has 1 aliphatic carbocycles. The molecule has 0 aromatic rings. The van der Waals surface area contributed by atoms with Crippen molar-refractivity contribution in [2.24, 2.45) is 11.3 Å². The molecule has 0 aromatic carbocycles. The van der Waals surface area contributed by atoms with Crippen LogP contribution in [-0.2, 0) is 14.2 Å². The third-order valence-corrected chi connectivity index (χ3v) is 4.60. The molecule has 0 unspecified atom stereocenters. The average molecular weight is 272 g/mol. The van der Waals surface area contributed by atoms with Crippen LogP contribution in [0.25, 0.3) is 0 Å². The highest BCUT2D eigenvalue weighted by molar-refractivity contribution is 4.89. The van der Waals surface area contributed by atoms with Crippen molar-refractivity contribution in [3.05, 3.63) is 0 Å². The Morgan fingerprint density at radius 2 is 1.47 bits per heavy atom. The Balaban J connectivity index is 2.69. The van der Waals surface area contributed by atoms with Gasteiger partial charge in [-0.15, -0.1) is 0 Å². The minimum absolute atomic E-state index is 0.0442. The van der Waals surface area contributed by atoms with Gasteiger partial charge in [-0.05, 0) is 31.6 Å². The number of methoxy groups -OCH3 is 2. The second-order valence-corrected chi connectivity index (χ2v) is 5.96. The summed E-state index contributed by atoms with van der Waals surface area (Å²) in [5.74, 6) is 0.682. The molecule has 0 radical (unpaired) electrons. The molecule has 0 amide bonds. The van der Waals surface area contributed by atoms with E-state index in [1.165, 1.54) is 25.7 Å². The van der Waals surface area contributed by atoms with E-state index in [2.05, 4.69) is 13.8 Å². The van der Waals surface area contributed by atoms with Gasteiger partial charge in [0.25, 0.3) is 0 Å². The Morgan fingerprint density at radius 3 is 1.89 bits per heavy atom. The normalized spacial score (nSPS) is 17.5. The number of hydrogen-bond donors (Lipinski definition) is 0. The van der Waals surface area contributed by atoms with E-state index in [4.69, 9.17) is 14.2 Å². The summed E-state index contributed by atoms with van der Waals surface area (Å²) in [6.45, 7) is 6.64. The van der Waals surface area contributed by atoms with Crippen molar-refractivity contribution in [3.8, 4) is 0 Å². The maximum Gasteiger partial charge on any atom is 0.0573 e. The minimum atomic E-state index is 0.0442. The Labute approximate surface area is 119 Å². The van der Waals surface area contributed by atoms with E-state index in [0.29, 0.717) is 12.0 Å². The second-order valence-electron chi connectivity index (χ2n) is 5.96. The summed E-state index contributed by atoms with van der Waals surface area (Å²) in [5.41, 5.74) is 0.0442. The molecule has 0 spiro atoms. The van der Waals surface area contributed by atoms with Crippen LogP contribution < -0.4 is 0 Å². The molecule has 19 heavy (non-hydrogen) atoms. The summed E-state index contributed by atoms with van der Waals surface area (Å²) in [6.07, 6.45) is 7.79. The Morgan fingerprint density at radius 1 is 0.947 bits per heavy atom. The molecule has 0 saturated heterocycles. The van der Waals surface area contributed by atoms with E-state index in [1.54, 1.807) is 14.2 Å². The second kappa shape index (κ2) is 8.93. The monoisotopic (exact) mass is 272 g/mol. The first-order chi connectivity index (χ1) is 9.22. The molecule has 0 bridgehead atoms. The molecule has 0 heterocycles. The molecule has 0 N–H and O–H groups in total. The molecule has 0 aliphatic heterocycles. The van der Waals surface area contributed by atoms with Crippen LogP contribution in [0.2, 0.25) is 0 Å². The van der Waals surface area contributed by atoms with E-state index in [1.807, 2.05) is 0 Å². The molecule has 0 atom stereocenters. The highest BCUT2D eigenvalue weighted by atomic mass is 16.5. The van der Waals surface area contributed by atoms with Crippen molar-refractivity contribution < 1.29 is 14.2 Å². The molecule has 1 rings (SSSR count). The highest BCUT2D eigenvalue weighted by Gasteiger charge is 2.41. The minimum Gasteiger partial charge on any atom is -0.384 e. The first-order valence-electron chi connectivity index (χ1n) is 7.81. The lowest BCUT2D eigenvalue weighted by Gasteiger charge is -2.38. The zero-order valence-electron chi connectivity index (χ0n) is 13.2. The standard InChI is InChI=1S/C16H32O3/c1-5-15(6-2)19-13-16(11-17-3,12-18-4)14-9-7-8-10-14/h14-15H,5-13H2,1-4H3. The van der Waals surface area contributed by atoms with Gasteiger partial charge in [-0.2, -0.15) is 0 Å². The Kier molecular flexibility index (Phi) is 7.96. The van der Waals surface area contributed by atoms with Gasteiger partial charge >= 0.3 is 0 Å². The van der Waals surface area contributed by atoms with Gasteiger partial charge in [0, 0.05) is 19.6 Å². The van der Waals surface area contributed by atoms with Gasteiger partial charge in [0.05, 0.1) is 25.9 Å². The van der Waals surface area contributed by atoms with Crippen LogP contribution in [0.1, 0.15) is 52.4 Å². The SMILES string of the molecule is CCC(CC)OCC(COC)(COC)C1CCCC1. The maximum atomic E-state index is 6.16. The molecule has 1 saturated carbocycles. The van der Waals surface area contributed by atoms with Gasteiger partial charge in [0.1, 0.15) is 0 Å². The van der Waals surface area contributed by atoms with E-state index in [0.717, 1.165) is 32.7 Å². The lowest BCUT2D eigenvalue weighted by atomic mass is 9.76. The zero-order chi connectivity index (χ0) is 14.1. The van der Waals surface area contributed by atoms with E-state index in [-0.39, 0.29) is 5.41 Å². The Bertz CT molecular complexity index is 214. The molecule has 3 heteroatoms. The number of hydrogen-bond acceptors (Lipinski definition) is 3. The largest absolute Gasteiger partial charge is 0.384 e. The summed E-state index contributed by atoms with van der Waals surface area (Å²) in [7, 11) is 3.58. The van der Waals surface area contributed by atoms with Crippen molar-refractivity contribution >= 4 is 0 Å². The lowest BCUT2D eigenvalue weighted by molar-refractivity contribution is -0.101. The van der Waals surface area contributed by atoms with E-state index >= 15 is 0 Å². The van der Waals surface area contributed by atoms with Gasteiger partial charge in [-0.3, -0.25) is 0 Å². The molecular formula is C16H32O3. The van der Waals surface area contributed by atoms with Crippen LogP contribution in [0.4, 0.5) is 0 Å². The molecule has 114 valence electrons. The maximum absolute atomic E-state index is 6.16. The van der Waals surface area contributed by atoms with Crippen molar-refractivity contribution in [1.82, 2.24) is 0 Å². The molecule has 1 fully saturated rings. The van der Waals surface area contributed by atoms with Crippen LogP contribution in [0.5, 0.6) is 0 Å². The topological polar surface area (TPSA) is 27.7 Å². The molecule has 0 aromatic heterocycles. The van der Waals surface area contributed by atoms with Crippen molar-refractivity contribution in [1.29, 1.82) is 0 Å². The van der Waals surface area contributed by atoms with E-state index < -0.39 is 0 Å². The first-order valence-corrected chi connectivity index (χ1v) is 7.81. The summed E-state index contributed by atoms with van der Waals surface area (Å²) in [4.78, 5) is 0. The third kappa shape index (κ3) is 4.73. The fourth-order valence-corrected chi connectivity index (χ4v) is 3.40. The fraction of sp³-hybridized carbons (Fsp3) is 1.00. The van der Waals surface area contributed by atoms with E-state index in [9.17, 15) is 0 Å².